The minimum Gasteiger partial charge on any atom is -0.486 e. The first kappa shape index (κ1) is 26.2. The normalized spacial score (nSPS) is 14.4. The second-order valence-electron chi connectivity index (χ2n) is 10.3. The monoisotopic (exact) mass is 513 g/mol. The molecule has 2 aromatic carbocycles. The number of nitrogens with zero attached hydrogens (tertiary/aromatic N) is 2. The van der Waals surface area contributed by atoms with Crippen molar-refractivity contribution in [3.63, 3.8) is 0 Å². The fraction of sp³-hybridized carbons (Fsp3) is 0.370. The summed E-state index contributed by atoms with van der Waals surface area (Å²) in [5.41, 5.74) is 0.252. The number of anilines is 1. The Hall–Kier alpha value is -3.84. The van der Waals surface area contributed by atoms with Gasteiger partial charge in [-0.15, -0.1) is 10.2 Å². The SMILES string of the molecule is CC1(C)Cc2c(C#CCO)c(NC(=O)C(C)(C)C)cc(-c3nnc(-c4ccc(C(F)(F)F)cc4)o3)c2O1. The van der Waals surface area contributed by atoms with Crippen LogP contribution in [0.4, 0.5) is 18.9 Å². The molecule has 0 aliphatic carbocycles. The van der Waals surface area contributed by atoms with Crippen molar-refractivity contribution < 1.29 is 32.2 Å². The Morgan fingerprint density at radius 3 is 2.38 bits per heavy atom. The van der Waals surface area contributed by atoms with Crippen LogP contribution in [-0.4, -0.2) is 33.4 Å². The molecule has 194 valence electrons. The molecule has 1 amide bonds. The van der Waals surface area contributed by atoms with Crippen molar-refractivity contribution in [1.82, 2.24) is 10.2 Å². The molecule has 0 atom stereocenters. The number of benzene rings is 2. The highest BCUT2D eigenvalue weighted by atomic mass is 19.4. The fourth-order valence-corrected chi connectivity index (χ4v) is 3.83. The molecule has 7 nitrogen and oxygen atoms in total. The Kier molecular flexibility index (Phi) is 6.54. The van der Waals surface area contributed by atoms with Crippen molar-refractivity contribution in [3.8, 4) is 40.5 Å². The Labute approximate surface area is 212 Å². The first-order valence-electron chi connectivity index (χ1n) is 11.5. The number of amides is 1. The summed E-state index contributed by atoms with van der Waals surface area (Å²) in [5, 5.41) is 20.3. The van der Waals surface area contributed by atoms with Gasteiger partial charge in [-0.3, -0.25) is 4.79 Å². The van der Waals surface area contributed by atoms with E-state index in [9.17, 15) is 23.1 Å². The molecule has 3 aromatic rings. The predicted octanol–water partition coefficient (Wildman–Crippen LogP) is 5.46. The molecule has 4 rings (SSSR count). The number of carbonyl (C=O) groups excluding carboxylic acids is 1. The summed E-state index contributed by atoms with van der Waals surface area (Å²) in [6.07, 6.45) is -4.00. The average Bonchev–Trinajstić information content (AvgIpc) is 3.41. The van der Waals surface area contributed by atoms with E-state index >= 15 is 0 Å². The van der Waals surface area contributed by atoms with Crippen molar-refractivity contribution in [1.29, 1.82) is 0 Å². The number of aliphatic hydroxyl groups excluding tert-OH is 1. The molecule has 1 aliphatic heterocycles. The van der Waals surface area contributed by atoms with Crippen LogP contribution in [0.5, 0.6) is 5.75 Å². The van der Waals surface area contributed by atoms with Crippen LogP contribution in [0.3, 0.4) is 0 Å². The molecule has 0 unspecified atom stereocenters. The molecule has 10 heteroatoms. The highest BCUT2D eigenvalue weighted by Crippen LogP contribution is 2.47. The zero-order chi connectivity index (χ0) is 27.2. The van der Waals surface area contributed by atoms with Gasteiger partial charge in [-0.1, -0.05) is 32.6 Å². The minimum atomic E-state index is -4.46. The van der Waals surface area contributed by atoms with Crippen molar-refractivity contribution in [2.45, 2.75) is 52.8 Å². The van der Waals surface area contributed by atoms with Crippen LogP contribution < -0.4 is 10.1 Å². The Morgan fingerprint density at radius 1 is 1.14 bits per heavy atom. The van der Waals surface area contributed by atoms with E-state index in [0.29, 0.717) is 40.1 Å². The van der Waals surface area contributed by atoms with Crippen LogP contribution in [0.1, 0.15) is 51.3 Å². The molecule has 0 saturated heterocycles. The van der Waals surface area contributed by atoms with Crippen LogP contribution in [0, 0.1) is 17.3 Å². The highest BCUT2D eigenvalue weighted by Gasteiger charge is 2.37. The Morgan fingerprint density at radius 2 is 1.78 bits per heavy atom. The van der Waals surface area contributed by atoms with Gasteiger partial charge in [-0.25, -0.2) is 0 Å². The highest BCUT2D eigenvalue weighted by molar-refractivity contribution is 5.97. The molecule has 0 fully saturated rings. The summed E-state index contributed by atoms with van der Waals surface area (Å²) in [4.78, 5) is 12.9. The standard InChI is InChI=1S/C27H26F3N3O4/c1-25(2,3)24(35)31-20-13-18(21-19(14-26(4,5)37-21)17(20)7-6-12-34)23-33-32-22(36-23)15-8-10-16(11-9-15)27(28,29)30/h8-11,13,34H,12,14H2,1-5H3,(H,31,35). The third kappa shape index (κ3) is 5.47. The number of rotatable bonds is 3. The van der Waals surface area contributed by atoms with E-state index in [0.717, 1.165) is 12.1 Å². The van der Waals surface area contributed by atoms with Gasteiger partial charge in [0.1, 0.15) is 18.0 Å². The quantitative estimate of drug-likeness (QED) is 0.451. The molecule has 0 spiro atoms. The van der Waals surface area contributed by atoms with E-state index < -0.39 is 22.8 Å². The summed E-state index contributed by atoms with van der Waals surface area (Å²) in [6.45, 7) is 8.75. The fourth-order valence-electron chi connectivity index (χ4n) is 3.83. The molecule has 2 heterocycles. The maximum absolute atomic E-state index is 12.9. The topological polar surface area (TPSA) is 97.5 Å². The maximum atomic E-state index is 12.9. The van der Waals surface area contributed by atoms with Gasteiger partial charge in [-0.05, 0) is 44.2 Å². The minimum absolute atomic E-state index is 0.0270. The number of hydrogen-bond donors (Lipinski definition) is 2. The van der Waals surface area contributed by atoms with E-state index in [1.165, 1.54) is 12.1 Å². The number of hydrogen-bond acceptors (Lipinski definition) is 6. The molecular formula is C27H26F3N3O4. The predicted molar refractivity (Wildman–Crippen MR) is 131 cm³/mol. The summed E-state index contributed by atoms with van der Waals surface area (Å²) >= 11 is 0. The van der Waals surface area contributed by atoms with Crippen LogP contribution in [0.25, 0.3) is 22.9 Å². The van der Waals surface area contributed by atoms with Gasteiger partial charge >= 0.3 is 6.18 Å². The summed E-state index contributed by atoms with van der Waals surface area (Å²) < 4.78 is 50.8. The zero-order valence-electron chi connectivity index (χ0n) is 21.0. The largest absolute Gasteiger partial charge is 0.486 e. The summed E-state index contributed by atoms with van der Waals surface area (Å²) in [7, 11) is 0. The molecule has 2 N–H and O–H groups in total. The van der Waals surface area contributed by atoms with Gasteiger partial charge in [-0.2, -0.15) is 13.2 Å². The van der Waals surface area contributed by atoms with E-state index in [1.807, 2.05) is 13.8 Å². The number of nitrogens with one attached hydrogen (secondary N) is 1. The third-order valence-electron chi connectivity index (χ3n) is 5.70. The number of aliphatic hydroxyl groups is 1. The molecule has 1 aliphatic rings. The van der Waals surface area contributed by atoms with Crippen molar-refractivity contribution >= 4 is 11.6 Å². The molecule has 0 saturated carbocycles. The lowest BCUT2D eigenvalue weighted by Gasteiger charge is -2.20. The van der Waals surface area contributed by atoms with Crippen molar-refractivity contribution in [2.75, 3.05) is 11.9 Å². The number of ether oxygens (including phenoxy) is 1. The lowest BCUT2D eigenvalue weighted by atomic mass is 9.92. The van der Waals surface area contributed by atoms with Crippen LogP contribution >= 0.6 is 0 Å². The van der Waals surface area contributed by atoms with E-state index in [-0.39, 0.29) is 24.3 Å². The lowest BCUT2D eigenvalue weighted by molar-refractivity contribution is -0.137. The van der Waals surface area contributed by atoms with Crippen molar-refractivity contribution in [2.24, 2.45) is 5.41 Å². The number of fused-ring (bicyclic) bond motifs is 1. The van der Waals surface area contributed by atoms with Gasteiger partial charge < -0.3 is 19.6 Å². The molecule has 0 bridgehead atoms. The Bertz CT molecular complexity index is 1410. The second kappa shape index (κ2) is 9.23. The summed E-state index contributed by atoms with van der Waals surface area (Å²) in [6, 6.07) is 6.02. The van der Waals surface area contributed by atoms with E-state index in [1.54, 1.807) is 26.8 Å². The van der Waals surface area contributed by atoms with E-state index in [4.69, 9.17) is 9.15 Å². The van der Waals surface area contributed by atoms with Gasteiger partial charge in [0.2, 0.25) is 11.8 Å². The van der Waals surface area contributed by atoms with Gasteiger partial charge in [0, 0.05) is 23.0 Å². The molecule has 37 heavy (non-hydrogen) atoms. The zero-order valence-corrected chi connectivity index (χ0v) is 21.0. The van der Waals surface area contributed by atoms with Crippen molar-refractivity contribution in [3.05, 3.63) is 47.0 Å². The lowest BCUT2D eigenvalue weighted by Crippen LogP contribution is -2.28. The average molecular weight is 514 g/mol. The van der Waals surface area contributed by atoms with Gasteiger partial charge in [0.15, 0.2) is 0 Å². The number of aromatic nitrogens is 2. The maximum Gasteiger partial charge on any atom is 0.416 e. The number of halogens is 3. The first-order valence-corrected chi connectivity index (χ1v) is 11.5. The van der Waals surface area contributed by atoms with Crippen LogP contribution in [0.15, 0.2) is 34.7 Å². The smallest absolute Gasteiger partial charge is 0.416 e. The van der Waals surface area contributed by atoms with Crippen LogP contribution in [-0.2, 0) is 17.4 Å². The first-order chi connectivity index (χ1) is 17.2. The number of carbonyl (C=O) groups is 1. The Balaban J connectivity index is 1.83. The molecular weight excluding hydrogens is 487 g/mol. The van der Waals surface area contributed by atoms with Gasteiger partial charge in [0.05, 0.1) is 22.4 Å². The molecule has 0 radical (unpaired) electrons. The number of alkyl halides is 3. The third-order valence-corrected chi connectivity index (χ3v) is 5.70. The van der Waals surface area contributed by atoms with Gasteiger partial charge in [0.25, 0.3) is 5.89 Å². The summed E-state index contributed by atoms with van der Waals surface area (Å²) in [5.74, 6) is 5.86. The second-order valence-corrected chi connectivity index (χ2v) is 10.3. The van der Waals surface area contributed by atoms with E-state index in [2.05, 4.69) is 27.4 Å². The molecule has 1 aromatic heterocycles. The van der Waals surface area contributed by atoms with Crippen LogP contribution in [0.2, 0.25) is 0 Å².